The van der Waals surface area contributed by atoms with Crippen molar-refractivity contribution >= 4 is 6.03 Å². The van der Waals surface area contributed by atoms with Gasteiger partial charge in [0, 0.05) is 52.0 Å². The van der Waals surface area contributed by atoms with E-state index in [4.69, 9.17) is 9.47 Å². The zero-order chi connectivity index (χ0) is 21.1. The van der Waals surface area contributed by atoms with E-state index in [-0.39, 0.29) is 11.6 Å². The van der Waals surface area contributed by atoms with Gasteiger partial charge in [-0.2, -0.15) is 0 Å². The van der Waals surface area contributed by atoms with Crippen LogP contribution in [0.1, 0.15) is 44.1 Å². The van der Waals surface area contributed by atoms with Crippen LogP contribution in [0.25, 0.3) is 0 Å². The highest BCUT2D eigenvalue weighted by atomic mass is 16.5. The minimum Gasteiger partial charge on any atom is -0.381 e. The third kappa shape index (κ3) is 4.76. The van der Waals surface area contributed by atoms with Crippen molar-refractivity contribution in [3.05, 3.63) is 35.9 Å². The molecule has 5 rings (SSSR count). The first-order valence-corrected chi connectivity index (χ1v) is 12.3. The summed E-state index contributed by atoms with van der Waals surface area (Å²) in [6.45, 7) is 6.09. The van der Waals surface area contributed by atoms with Crippen LogP contribution in [0.15, 0.2) is 30.3 Å². The molecule has 6 nitrogen and oxygen atoms in total. The molecule has 3 saturated heterocycles. The van der Waals surface area contributed by atoms with E-state index < -0.39 is 0 Å². The topological polar surface area (TPSA) is 54.0 Å². The van der Waals surface area contributed by atoms with Crippen LogP contribution in [0.5, 0.6) is 0 Å². The van der Waals surface area contributed by atoms with Gasteiger partial charge >= 0.3 is 6.03 Å². The van der Waals surface area contributed by atoms with Crippen molar-refractivity contribution < 1.29 is 14.3 Å². The van der Waals surface area contributed by atoms with Crippen molar-refractivity contribution in [1.29, 1.82) is 0 Å². The zero-order valence-corrected chi connectivity index (χ0v) is 18.6. The van der Waals surface area contributed by atoms with Gasteiger partial charge in [0.2, 0.25) is 0 Å². The molecule has 4 aliphatic rings. The Bertz CT molecular complexity index is 725. The molecule has 1 atom stereocenters. The first-order valence-electron chi connectivity index (χ1n) is 12.3. The molecule has 0 bridgehead atoms. The number of urea groups is 1. The Hall–Kier alpha value is -1.63. The summed E-state index contributed by atoms with van der Waals surface area (Å²) in [5.41, 5.74) is 1.44. The van der Waals surface area contributed by atoms with Crippen LogP contribution in [0, 0.1) is 5.92 Å². The van der Waals surface area contributed by atoms with Gasteiger partial charge in [-0.3, -0.25) is 4.90 Å². The SMILES string of the molecule is O=C(NCCc1ccccc1)N1CCC(N2CC(OCC3CC3)C23CCOCC3)CC1. The van der Waals surface area contributed by atoms with Crippen molar-refractivity contribution in [2.45, 2.75) is 62.6 Å². The summed E-state index contributed by atoms with van der Waals surface area (Å²) in [6.07, 6.45) is 8.23. The minimum atomic E-state index is 0.0874. The summed E-state index contributed by atoms with van der Waals surface area (Å²) in [7, 11) is 0. The van der Waals surface area contributed by atoms with Gasteiger partial charge in [-0.05, 0) is 56.4 Å². The van der Waals surface area contributed by atoms with Gasteiger partial charge in [-0.15, -0.1) is 0 Å². The molecular formula is C25H37N3O3. The van der Waals surface area contributed by atoms with Gasteiger partial charge in [0.05, 0.1) is 11.6 Å². The lowest BCUT2D eigenvalue weighted by Gasteiger charge is -2.63. The van der Waals surface area contributed by atoms with Crippen molar-refractivity contribution in [2.24, 2.45) is 5.92 Å². The Labute approximate surface area is 186 Å². The van der Waals surface area contributed by atoms with Crippen LogP contribution in [0.2, 0.25) is 0 Å². The van der Waals surface area contributed by atoms with Crippen LogP contribution in [-0.4, -0.2) is 79.5 Å². The van der Waals surface area contributed by atoms with Crippen molar-refractivity contribution in [3.8, 4) is 0 Å². The molecule has 1 aromatic carbocycles. The third-order valence-electron chi connectivity index (χ3n) is 7.85. The average molecular weight is 428 g/mol. The van der Waals surface area contributed by atoms with Gasteiger partial charge in [0.15, 0.2) is 0 Å². The van der Waals surface area contributed by atoms with E-state index in [0.29, 0.717) is 18.7 Å². The number of piperidine rings is 1. The number of rotatable bonds is 7. The highest BCUT2D eigenvalue weighted by molar-refractivity contribution is 5.74. The number of likely N-dealkylation sites (tertiary alicyclic amines) is 2. The molecule has 2 amide bonds. The van der Waals surface area contributed by atoms with Gasteiger partial charge in [-0.1, -0.05) is 30.3 Å². The molecule has 1 unspecified atom stereocenters. The second-order valence-corrected chi connectivity index (χ2v) is 9.82. The van der Waals surface area contributed by atoms with E-state index >= 15 is 0 Å². The summed E-state index contributed by atoms with van der Waals surface area (Å²) < 4.78 is 12.1. The molecule has 3 aliphatic heterocycles. The third-order valence-corrected chi connectivity index (χ3v) is 7.85. The number of nitrogens with zero attached hydrogens (tertiary/aromatic N) is 2. The summed E-state index contributed by atoms with van der Waals surface area (Å²) in [5, 5.41) is 3.11. The number of nitrogens with one attached hydrogen (secondary N) is 1. The number of carbonyl (C=O) groups excluding carboxylic acids is 1. The van der Waals surface area contributed by atoms with Gasteiger partial charge in [0.1, 0.15) is 0 Å². The number of hydrogen-bond donors (Lipinski definition) is 1. The van der Waals surface area contributed by atoms with E-state index in [1.54, 1.807) is 0 Å². The minimum absolute atomic E-state index is 0.0874. The van der Waals surface area contributed by atoms with E-state index in [1.165, 1.54) is 18.4 Å². The van der Waals surface area contributed by atoms with Crippen LogP contribution in [0.4, 0.5) is 4.79 Å². The van der Waals surface area contributed by atoms with Gasteiger partial charge in [0.25, 0.3) is 0 Å². The van der Waals surface area contributed by atoms with Crippen molar-refractivity contribution in [2.75, 3.05) is 46.0 Å². The molecule has 170 valence electrons. The Kier molecular flexibility index (Phi) is 6.49. The quantitative estimate of drug-likeness (QED) is 0.727. The molecule has 6 heteroatoms. The second kappa shape index (κ2) is 9.47. The standard InChI is InChI=1S/C25H37N3O3/c29-24(26-13-8-20-4-2-1-3-5-20)27-14-9-22(10-15-27)28-18-23(31-19-21-6-7-21)25(28)11-16-30-17-12-25/h1-5,21-23H,6-19H2,(H,26,29). The summed E-state index contributed by atoms with van der Waals surface area (Å²) in [5.74, 6) is 0.814. The van der Waals surface area contributed by atoms with Crippen molar-refractivity contribution in [3.63, 3.8) is 0 Å². The fourth-order valence-electron chi connectivity index (χ4n) is 5.65. The number of hydrogen-bond acceptors (Lipinski definition) is 4. The molecule has 1 aromatic rings. The number of ether oxygens (including phenoxy) is 2. The second-order valence-electron chi connectivity index (χ2n) is 9.82. The predicted molar refractivity (Wildman–Crippen MR) is 120 cm³/mol. The number of benzene rings is 1. The molecule has 4 fully saturated rings. The van der Waals surface area contributed by atoms with Crippen LogP contribution in [-0.2, 0) is 15.9 Å². The van der Waals surface area contributed by atoms with Crippen molar-refractivity contribution in [1.82, 2.24) is 15.1 Å². The first kappa shape index (κ1) is 21.2. The maximum Gasteiger partial charge on any atom is 0.317 e. The fraction of sp³-hybridized carbons (Fsp3) is 0.720. The molecule has 1 spiro atoms. The highest BCUT2D eigenvalue weighted by Crippen LogP contribution is 2.45. The first-order chi connectivity index (χ1) is 15.2. The molecule has 1 saturated carbocycles. The molecular weight excluding hydrogens is 390 g/mol. The highest BCUT2D eigenvalue weighted by Gasteiger charge is 2.57. The van der Waals surface area contributed by atoms with Gasteiger partial charge in [-0.25, -0.2) is 4.79 Å². The maximum atomic E-state index is 12.6. The molecule has 1 N–H and O–H groups in total. The zero-order valence-electron chi connectivity index (χ0n) is 18.6. The fourth-order valence-corrected chi connectivity index (χ4v) is 5.65. The van der Waals surface area contributed by atoms with Gasteiger partial charge < -0.3 is 19.7 Å². The largest absolute Gasteiger partial charge is 0.381 e. The smallest absolute Gasteiger partial charge is 0.317 e. The molecule has 0 aromatic heterocycles. The summed E-state index contributed by atoms with van der Waals surface area (Å²) >= 11 is 0. The lowest BCUT2D eigenvalue weighted by atomic mass is 9.73. The molecule has 31 heavy (non-hydrogen) atoms. The summed E-state index contributed by atoms with van der Waals surface area (Å²) in [4.78, 5) is 17.3. The van der Waals surface area contributed by atoms with Crippen LogP contribution in [0.3, 0.4) is 0 Å². The maximum absolute atomic E-state index is 12.6. The average Bonchev–Trinajstić information content (AvgIpc) is 3.64. The lowest BCUT2D eigenvalue weighted by Crippen LogP contribution is -2.76. The Morgan fingerprint density at radius 3 is 2.55 bits per heavy atom. The van der Waals surface area contributed by atoms with Crippen LogP contribution < -0.4 is 5.32 Å². The monoisotopic (exact) mass is 427 g/mol. The predicted octanol–water partition coefficient (Wildman–Crippen LogP) is 3.06. The molecule has 0 radical (unpaired) electrons. The van der Waals surface area contributed by atoms with E-state index in [1.807, 2.05) is 23.1 Å². The lowest BCUT2D eigenvalue weighted by molar-refractivity contribution is -0.217. The molecule has 1 aliphatic carbocycles. The van der Waals surface area contributed by atoms with Crippen LogP contribution >= 0.6 is 0 Å². The number of carbonyl (C=O) groups is 1. The normalized spacial score (nSPS) is 26.6. The summed E-state index contributed by atoms with van der Waals surface area (Å²) in [6, 6.07) is 11.0. The molecule has 3 heterocycles. The van der Waals surface area contributed by atoms with E-state index in [9.17, 15) is 4.79 Å². The van der Waals surface area contributed by atoms with E-state index in [0.717, 1.165) is 77.5 Å². The Morgan fingerprint density at radius 2 is 1.84 bits per heavy atom. The Balaban J connectivity index is 1.09. The van der Waals surface area contributed by atoms with E-state index in [2.05, 4.69) is 22.3 Å². The Morgan fingerprint density at radius 1 is 1.10 bits per heavy atom. The number of amides is 2.